The number of carboxylic acids is 1. The quantitative estimate of drug-likeness (QED) is 0.214. The minimum atomic E-state index is -1.23. The molecule has 46 heavy (non-hydrogen) atoms. The van der Waals surface area contributed by atoms with Gasteiger partial charge in [-0.15, -0.1) is 0 Å². The van der Waals surface area contributed by atoms with E-state index in [0.29, 0.717) is 60.0 Å². The second-order valence-electron chi connectivity index (χ2n) is 11.6. The van der Waals surface area contributed by atoms with Gasteiger partial charge in [0, 0.05) is 47.8 Å². The molecule has 5 rings (SSSR count). The minimum absolute atomic E-state index is 0.0636. The Morgan fingerprint density at radius 2 is 1.80 bits per heavy atom. The zero-order valence-corrected chi connectivity index (χ0v) is 26.7. The van der Waals surface area contributed by atoms with Gasteiger partial charge in [-0.1, -0.05) is 41.4 Å². The normalized spacial score (nSPS) is 15.2. The van der Waals surface area contributed by atoms with Crippen LogP contribution in [0.4, 0.5) is 10.1 Å². The number of halogens is 3. The van der Waals surface area contributed by atoms with E-state index in [1.807, 2.05) is 4.90 Å². The van der Waals surface area contributed by atoms with E-state index in [4.69, 9.17) is 38.1 Å². The number of hydrogen-bond donors (Lipinski definition) is 4. The highest BCUT2D eigenvalue weighted by molar-refractivity contribution is 6.40. The van der Waals surface area contributed by atoms with Crippen LogP contribution in [0.15, 0.2) is 48.7 Å². The monoisotopic (exact) mass is 670 g/mol. The maximum Gasteiger partial charge on any atom is 0.337 e. The smallest absolute Gasteiger partial charge is 0.337 e. The molecular weight excluding hydrogens is 638 g/mol. The molecule has 1 amide bonds. The third-order valence-electron chi connectivity index (χ3n) is 7.83. The number of carbonyl (C=O) groups excluding carboxylic acids is 1. The van der Waals surface area contributed by atoms with Crippen molar-refractivity contribution in [2.24, 2.45) is 0 Å². The number of hydrogen-bond acceptors (Lipinski definition) is 8. The van der Waals surface area contributed by atoms with Crippen molar-refractivity contribution in [3.8, 4) is 16.9 Å². The number of amides is 1. The number of anilines is 1. The van der Waals surface area contributed by atoms with Gasteiger partial charge in [0.05, 0.1) is 58.8 Å². The molecule has 1 fully saturated rings. The van der Waals surface area contributed by atoms with E-state index in [1.165, 1.54) is 23.1 Å². The van der Waals surface area contributed by atoms with E-state index >= 15 is 4.39 Å². The Kier molecular flexibility index (Phi) is 9.88. The largest absolute Gasteiger partial charge is 0.478 e. The molecule has 0 atom stereocenters. The number of nitrogens with one attached hydrogen (secondary N) is 2. The number of para-hydroxylation sites is 1. The summed E-state index contributed by atoms with van der Waals surface area (Å²) in [4.78, 5) is 28.9. The average Bonchev–Trinajstić information content (AvgIpc) is 3.04. The number of carboxylic acid groups (broad SMARTS) is 1. The molecule has 0 aliphatic carbocycles. The second kappa shape index (κ2) is 13.7. The number of aliphatic hydroxyl groups excluding tert-OH is 1. The summed E-state index contributed by atoms with van der Waals surface area (Å²) in [5, 5.41) is 30.3. The average molecular weight is 672 g/mol. The fraction of sp³-hybridized carbons (Fsp3) is 0.303. The Bertz CT molecular complexity index is 1700. The van der Waals surface area contributed by atoms with Crippen LogP contribution in [0, 0.1) is 11.2 Å². The fourth-order valence-corrected chi connectivity index (χ4v) is 5.90. The summed E-state index contributed by atoms with van der Waals surface area (Å²) >= 11 is 13.1. The van der Waals surface area contributed by atoms with Crippen molar-refractivity contribution >= 4 is 52.6 Å². The first-order valence-corrected chi connectivity index (χ1v) is 15.2. The summed E-state index contributed by atoms with van der Waals surface area (Å²) in [6.45, 7) is 5.19. The van der Waals surface area contributed by atoms with Crippen LogP contribution in [0.1, 0.15) is 45.7 Å². The van der Waals surface area contributed by atoms with Crippen LogP contribution in [0.5, 0.6) is 5.75 Å². The van der Waals surface area contributed by atoms with E-state index in [2.05, 4.69) is 5.32 Å². The lowest BCUT2D eigenvalue weighted by Crippen LogP contribution is -2.39. The zero-order valence-electron chi connectivity index (χ0n) is 25.2. The second-order valence-corrected chi connectivity index (χ2v) is 12.4. The predicted molar refractivity (Wildman–Crippen MR) is 175 cm³/mol. The topological polar surface area (TPSA) is 135 Å². The van der Waals surface area contributed by atoms with Gasteiger partial charge in [0.25, 0.3) is 5.91 Å². The molecule has 0 unspecified atom stereocenters. The van der Waals surface area contributed by atoms with E-state index in [1.54, 1.807) is 38.2 Å². The van der Waals surface area contributed by atoms with Gasteiger partial charge >= 0.3 is 5.97 Å². The molecule has 10 nitrogen and oxygen atoms in total. The number of aliphatic hydroxyl groups is 1. The van der Waals surface area contributed by atoms with Crippen molar-refractivity contribution in [2.75, 3.05) is 44.5 Å². The molecular formula is C33H33Cl2FN4O6. The van der Waals surface area contributed by atoms with Gasteiger partial charge < -0.3 is 40.2 Å². The molecule has 0 aromatic heterocycles. The summed E-state index contributed by atoms with van der Waals surface area (Å²) in [5.41, 5.74) is 1.84. The summed E-state index contributed by atoms with van der Waals surface area (Å²) in [5.74, 6) is -2.04. The molecule has 3 aromatic rings. The highest BCUT2D eigenvalue weighted by Crippen LogP contribution is 2.41. The van der Waals surface area contributed by atoms with Crippen molar-refractivity contribution in [2.45, 2.75) is 25.9 Å². The highest BCUT2D eigenvalue weighted by atomic mass is 35.5. The van der Waals surface area contributed by atoms with Crippen LogP contribution in [0.25, 0.3) is 16.7 Å². The molecule has 0 spiro atoms. The Balaban J connectivity index is 1.43. The SMILES string of the molecule is CC(C)(CO)N/C=C(\C=N)c1cc(Cl)c(C(=O)N2COc3c(cccc3-c3cc(N4CCOCC4)c(C(=O)O)cc3F)C2)c(Cl)c1. The van der Waals surface area contributed by atoms with Gasteiger partial charge in [-0.3, -0.25) is 4.79 Å². The van der Waals surface area contributed by atoms with E-state index in [-0.39, 0.29) is 46.6 Å². The lowest BCUT2D eigenvalue weighted by molar-refractivity contribution is 0.0516. The van der Waals surface area contributed by atoms with E-state index in [9.17, 15) is 19.8 Å². The Labute approximate surface area is 275 Å². The fourth-order valence-electron chi connectivity index (χ4n) is 5.25. The van der Waals surface area contributed by atoms with Crippen molar-refractivity contribution in [3.63, 3.8) is 0 Å². The van der Waals surface area contributed by atoms with Crippen LogP contribution in [-0.4, -0.2) is 78.4 Å². The van der Waals surface area contributed by atoms with Gasteiger partial charge in [0.15, 0.2) is 6.73 Å². The molecule has 1 saturated heterocycles. The number of aromatic carboxylic acids is 1. The molecule has 0 radical (unpaired) electrons. The lowest BCUT2D eigenvalue weighted by atomic mass is 9.97. The summed E-state index contributed by atoms with van der Waals surface area (Å²) in [6.07, 6.45) is 2.68. The molecule has 13 heteroatoms. The third-order valence-corrected chi connectivity index (χ3v) is 8.42. The molecule has 3 aromatic carbocycles. The zero-order chi connectivity index (χ0) is 33.2. The Morgan fingerprint density at radius 3 is 2.43 bits per heavy atom. The molecule has 2 aliphatic heterocycles. The highest BCUT2D eigenvalue weighted by Gasteiger charge is 2.30. The van der Waals surface area contributed by atoms with Gasteiger partial charge in [0.2, 0.25) is 0 Å². The Hall–Kier alpha value is -4.16. The number of morpholine rings is 1. The van der Waals surface area contributed by atoms with Gasteiger partial charge in [-0.25, -0.2) is 9.18 Å². The lowest BCUT2D eigenvalue weighted by Gasteiger charge is -2.32. The molecule has 2 heterocycles. The number of fused-ring (bicyclic) bond motifs is 1. The first-order valence-electron chi connectivity index (χ1n) is 14.5. The number of allylic oxidation sites excluding steroid dienone is 1. The molecule has 2 aliphatic rings. The number of benzene rings is 3. The number of rotatable bonds is 9. The molecule has 0 bridgehead atoms. The van der Waals surface area contributed by atoms with Gasteiger partial charge in [0.1, 0.15) is 11.6 Å². The van der Waals surface area contributed by atoms with Gasteiger partial charge in [-0.2, -0.15) is 0 Å². The van der Waals surface area contributed by atoms with Crippen molar-refractivity contribution in [1.29, 1.82) is 5.41 Å². The number of carbonyl (C=O) groups is 2. The maximum absolute atomic E-state index is 15.5. The van der Waals surface area contributed by atoms with Crippen LogP contribution >= 0.6 is 23.2 Å². The minimum Gasteiger partial charge on any atom is -0.478 e. The van der Waals surface area contributed by atoms with E-state index in [0.717, 1.165) is 12.3 Å². The standard InChI is InChI=1S/C33H33Cl2FN4O6/c1-33(2,17-41)38-15-21(14-37)20-10-25(34)29(26(35)11-20)31(42)40-16-19-4-3-5-22(30(19)46-18-40)23-13-28(39-6-8-45-9-7-39)24(32(43)44)12-27(23)36/h3-5,10-15,37-38,41H,6-9,16-18H2,1-2H3,(H,43,44)/b21-15+,37-14?. The van der Waals surface area contributed by atoms with Crippen molar-refractivity contribution < 1.29 is 33.7 Å². The van der Waals surface area contributed by atoms with Crippen LogP contribution in [-0.2, 0) is 11.3 Å². The Morgan fingerprint density at radius 1 is 1.11 bits per heavy atom. The summed E-state index contributed by atoms with van der Waals surface area (Å²) < 4.78 is 26.9. The maximum atomic E-state index is 15.5. The first kappa shape index (κ1) is 33.2. The molecule has 4 N–H and O–H groups in total. The molecule has 0 saturated carbocycles. The number of ether oxygens (including phenoxy) is 2. The van der Waals surface area contributed by atoms with E-state index < -0.39 is 23.2 Å². The van der Waals surface area contributed by atoms with Gasteiger partial charge in [-0.05, 0) is 43.7 Å². The van der Waals surface area contributed by atoms with Crippen LogP contribution in [0.3, 0.4) is 0 Å². The number of nitrogens with zero attached hydrogens (tertiary/aromatic N) is 2. The van der Waals surface area contributed by atoms with Crippen molar-refractivity contribution in [1.82, 2.24) is 10.2 Å². The van der Waals surface area contributed by atoms with Crippen LogP contribution < -0.4 is 15.0 Å². The summed E-state index contributed by atoms with van der Waals surface area (Å²) in [7, 11) is 0. The van der Waals surface area contributed by atoms with Crippen molar-refractivity contribution in [3.05, 3.63) is 86.8 Å². The summed E-state index contributed by atoms with van der Waals surface area (Å²) in [6, 6.07) is 10.8. The third kappa shape index (κ3) is 6.82. The molecule has 242 valence electrons. The predicted octanol–water partition coefficient (Wildman–Crippen LogP) is 5.68. The first-order chi connectivity index (χ1) is 21.9. The van der Waals surface area contributed by atoms with Crippen LogP contribution in [0.2, 0.25) is 10.0 Å².